The number of hydrogen-bond acceptors (Lipinski definition) is 5. The second-order valence-corrected chi connectivity index (χ2v) is 8.94. The van der Waals surface area contributed by atoms with Crippen LogP contribution in [0.5, 0.6) is 0 Å². The third kappa shape index (κ3) is 1.36. The Hall–Kier alpha value is -1.66. The summed E-state index contributed by atoms with van der Waals surface area (Å²) < 4.78 is 5.87. The van der Waals surface area contributed by atoms with Crippen molar-refractivity contribution in [2.45, 2.75) is 49.9 Å². The number of rotatable bonds is 1. The summed E-state index contributed by atoms with van der Waals surface area (Å²) in [6, 6.07) is 0. The lowest BCUT2D eigenvalue weighted by Crippen LogP contribution is -2.50. The summed E-state index contributed by atoms with van der Waals surface area (Å²) >= 11 is 0. The molecular formula is C19H22O6. The molecule has 5 rings (SSSR count). The SMILES string of the molecule is C=C1C[C@@]23C[C@]1(O)CC[C@@H]2[C@]12C=C[C@@H](O)[C@](C)(C(=O)O1)[C@@H]2[C@H]3C(=O)O. The van der Waals surface area contributed by atoms with Gasteiger partial charge in [-0.15, -0.1) is 0 Å². The summed E-state index contributed by atoms with van der Waals surface area (Å²) in [7, 11) is 0. The normalized spacial score (nSPS) is 58.0. The Labute approximate surface area is 145 Å². The number of carboxylic acids is 1. The highest BCUT2D eigenvalue weighted by Crippen LogP contribution is 2.77. The second kappa shape index (κ2) is 4.01. The van der Waals surface area contributed by atoms with Crippen LogP contribution >= 0.6 is 0 Å². The van der Waals surface area contributed by atoms with Crippen molar-refractivity contribution in [1.29, 1.82) is 0 Å². The number of aliphatic carboxylic acids is 1. The highest BCUT2D eigenvalue weighted by Gasteiger charge is 2.83. The van der Waals surface area contributed by atoms with E-state index in [1.54, 1.807) is 19.1 Å². The zero-order valence-corrected chi connectivity index (χ0v) is 14.1. The number of esters is 1. The first-order valence-electron chi connectivity index (χ1n) is 8.86. The molecule has 1 aliphatic heterocycles. The molecule has 4 fully saturated rings. The zero-order chi connectivity index (χ0) is 18.0. The standard InChI is InChI=1S/C19H22O6/c1-9-7-17-8-18(9,24)5-3-10(17)19-6-4-11(20)16(2,15(23)25-19)13(19)12(17)14(21)22/h4,6,10-13,20,24H,1,3,5,7-8H2,2H3,(H,21,22)/t10-,11+,12-,13-,16-,17+,18+,19-/m0/s1. The van der Waals surface area contributed by atoms with Crippen LogP contribution in [-0.2, 0) is 14.3 Å². The minimum Gasteiger partial charge on any atom is -0.481 e. The predicted octanol–water partition coefficient (Wildman–Crippen LogP) is 1.03. The van der Waals surface area contributed by atoms with Gasteiger partial charge in [-0.1, -0.05) is 12.7 Å². The average Bonchev–Trinajstić information content (AvgIpc) is 2.95. The van der Waals surface area contributed by atoms with Crippen LogP contribution in [0.2, 0.25) is 0 Å². The molecule has 4 aliphatic carbocycles. The Balaban J connectivity index is 1.78. The largest absolute Gasteiger partial charge is 0.481 e. The molecule has 8 atom stereocenters. The number of carboxylic acid groups (broad SMARTS) is 1. The van der Waals surface area contributed by atoms with E-state index in [9.17, 15) is 24.9 Å². The van der Waals surface area contributed by atoms with Crippen molar-refractivity contribution < 1.29 is 29.6 Å². The topological polar surface area (TPSA) is 104 Å². The number of aliphatic hydroxyl groups excluding tert-OH is 1. The van der Waals surface area contributed by atoms with Gasteiger partial charge in [-0.3, -0.25) is 9.59 Å². The van der Waals surface area contributed by atoms with Crippen molar-refractivity contribution in [3.8, 4) is 0 Å². The van der Waals surface area contributed by atoms with Gasteiger partial charge in [0, 0.05) is 11.8 Å². The van der Waals surface area contributed by atoms with E-state index < -0.39 is 51.9 Å². The Morgan fingerprint density at radius 3 is 2.84 bits per heavy atom. The monoisotopic (exact) mass is 346 g/mol. The van der Waals surface area contributed by atoms with Gasteiger partial charge in [0.05, 0.1) is 17.6 Å². The van der Waals surface area contributed by atoms with E-state index in [0.29, 0.717) is 31.3 Å². The summed E-state index contributed by atoms with van der Waals surface area (Å²) in [5.74, 6) is -3.18. The van der Waals surface area contributed by atoms with E-state index in [1.807, 2.05) is 0 Å². The van der Waals surface area contributed by atoms with Crippen LogP contribution in [0.25, 0.3) is 0 Å². The fourth-order valence-electron chi connectivity index (χ4n) is 7.13. The number of carbonyl (C=O) groups is 2. The van der Waals surface area contributed by atoms with Gasteiger partial charge in [-0.05, 0) is 49.7 Å². The second-order valence-electron chi connectivity index (χ2n) is 8.94. The van der Waals surface area contributed by atoms with E-state index in [4.69, 9.17) is 4.74 Å². The molecule has 4 bridgehead atoms. The summed E-state index contributed by atoms with van der Waals surface area (Å²) in [6.45, 7) is 5.64. The molecule has 0 aromatic carbocycles. The molecule has 0 aromatic rings. The molecule has 1 spiro atoms. The molecule has 6 heteroatoms. The van der Waals surface area contributed by atoms with E-state index in [1.165, 1.54) is 0 Å². The van der Waals surface area contributed by atoms with E-state index >= 15 is 0 Å². The first-order chi connectivity index (χ1) is 11.6. The molecule has 3 N–H and O–H groups in total. The minimum absolute atomic E-state index is 0.180. The van der Waals surface area contributed by atoms with E-state index in [2.05, 4.69) is 6.58 Å². The molecule has 6 nitrogen and oxygen atoms in total. The minimum atomic E-state index is -1.27. The Kier molecular flexibility index (Phi) is 2.50. The average molecular weight is 346 g/mol. The number of aliphatic hydroxyl groups is 2. The summed E-state index contributed by atoms with van der Waals surface area (Å²) in [6.07, 6.45) is 4.11. The van der Waals surface area contributed by atoms with Crippen LogP contribution in [0.4, 0.5) is 0 Å². The molecule has 5 aliphatic rings. The van der Waals surface area contributed by atoms with Gasteiger partial charge in [0.15, 0.2) is 0 Å². The molecule has 0 aromatic heterocycles. The number of fused-ring (bicyclic) bond motifs is 1. The van der Waals surface area contributed by atoms with Gasteiger partial charge in [0.1, 0.15) is 11.0 Å². The van der Waals surface area contributed by atoms with E-state index in [-0.39, 0.29) is 5.92 Å². The van der Waals surface area contributed by atoms with Gasteiger partial charge in [0.2, 0.25) is 0 Å². The van der Waals surface area contributed by atoms with Gasteiger partial charge in [0.25, 0.3) is 0 Å². The Morgan fingerprint density at radius 2 is 2.16 bits per heavy atom. The molecule has 0 radical (unpaired) electrons. The van der Waals surface area contributed by atoms with Crippen molar-refractivity contribution in [3.05, 3.63) is 24.3 Å². The molecular weight excluding hydrogens is 324 g/mol. The summed E-state index contributed by atoms with van der Waals surface area (Å²) in [4.78, 5) is 25.1. The third-order valence-corrected chi connectivity index (χ3v) is 8.12. The summed E-state index contributed by atoms with van der Waals surface area (Å²) in [5, 5.41) is 31.6. The maximum atomic E-state index is 12.7. The quantitative estimate of drug-likeness (QED) is 0.484. The number of hydrogen-bond donors (Lipinski definition) is 3. The Morgan fingerprint density at radius 1 is 1.44 bits per heavy atom. The fourth-order valence-corrected chi connectivity index (χ4v) is 7.13. The lowest BCUT2D eigenvalue weighted by atomic mass is 9.61. The van der Waals surface area contributed by atoms with Crippen LogP contribution in [0.15, 0.2) is 24.3 Å². The van der Waals surface area contributed by atoms with Crippen molar-refractivity contribution in [2.75, 3.05) is 0 Å². The van der Waals surface area contributed by atoms with Crippen molar-refractivity contribution >= 4 is 11.9 Å². The molecule has 3 saturated carbocycles. The molecule has 0 amide bonds. The summed E-state index contributed by atoms with van der Waals surface area (Å²) in [5.41, 5.74) is -3.29. The first-order valence-corrected chi connectivity index (χ1v) is 8.86. The molecule has 134 valence electrons. The Bertz CT molecular complexity index is 772. The highest BCUT2D eigenvalue weighted by molar-refractivity contribution is 5.86. The first kappa shape index (κ1) is 15.6. The predicted molar refractivity (Wildman–Crippen MR) is 85.2 cm³/mol. The van der Waals surface area contributed by atoms with Crippen LogP contribution in [0.1, 0.15) is 32.6 Å². The molecule has 0 unspecified atom stereocenters. The number of carbonyl (C=O) groups excluding carboxylic acids is 1. The smallest absolute Gasteiger partial charge is 0.316 e. The van der Waals surface area contributed by atoms with E-state index in [0.717, 1.165) is 0 Å². The van der Waals surface area contributed by atoms with Crippen LogP contribution < -0.4 is 0 Å². The molecule has 1 heterocycles. The molecule has 25 heavy (non-hydrogen) atoms. The fraction of sp³-hybridized carbons (Fsp3) is 0.684. The van der Waals surface area contributed by atoms with Crippen LogP contribution in [-0.4, -0.2) is 44.6 Å². The van der Waals surface area contributed by atoms with Crippen LogP contribution in [0, 0.1) is 28.6 Å². The third-order valence-electron chi connectivity index (χ3n) is 8.12. The van der Waals surface area contributed by atoms with Crippen LogP contribution in [0.3, 0.4) is 0 Å². The maximum Gasteiger partial charge on any atom is 0.316 e. The lowest BCUT2D eigenvalue weighted by Gasteiger charge is -2.44. The van der Waals surface area contributed by atoms with Gasteiger partial charge in [-0.25, -0.2) is 0 Å². The number of ether oxygens (including phenoxy) is 1. The molecule has 1 saturated heterocycles. The van der Waals surface area contributed by atoms with Crippen molar-refractivity contribution in [2.24, 2.45) is 28.6 Å². The van der Waals surface area contributed by atoms with Gasteiger partial charge in [-0.2, -0.15) is 0 Å². The lowest BCUT2D eigenvalue weighted by molar-refractivity contribution is -0.163. The van der Waals surface area contributed by atoms with Gasteiger partial charge < -0.3 is 20.1 Å². The zero-order valence-electron chi connectivity index (χ0n) is 14.1. The van der Waals surface area contributed by atoms with Gasteiger partial charge >= 0.3 is 11.9 Å². The van der Waals surface area contributed by atoms with Crippen molar-refractivity contribution in [1.82, 2.24) is 0 Å². The highest BCUT2D eigenvalue weighted by atomic mass is 16.6. The van der Waals surface area contributed by atoms with Crippen molar-refractivity contribution in [3.63, 3.8) is 0 Å². The maximum absolute atomic E-state index is 12.7.